The summed E-state index contributed by atoms with van der Waals surface area (Å²) in [4.78, 5) is 33.3. The Morgan fingerprint density at radius 3 is 2.11 bits per heavy atom. The van der Waals surface area contributed by atoms with Crippen LogP contribution in [0.4, 0.5) is 0 Å². The van der Waals surface area contributed by atoms with Gasteiger partial charge in [0.15, 0.2) is 0 Å². The zero-order valence-electron chi connectivity index (χ0n) is 12.1. The van der Waals surface area contributed by atoms with Gasteiger partial charge >= 0.3 is 17.9 Å². The van der Waals surface area contributed by atoms with Gasteiger partial charge in [-0.05, 0) is 13.8 Å². The third-order valence-electron chi connectivity index (χ3n) is 2.55. The van der Waals surface area contributed by atoms with Crippen LogP contribution in [0.1, 0.15) is 40.5 Å². The average Bonchev–Trinajstić information content (AvgIpc) is 2.25. The molecule has 110 valence electrons. The van der Waals surface area contributed by atoms with Crippen LogP contribution in [0.5, 0.6) is 0 Å². The van der Waals surface area contributed by atoms with E-state index in [1.165, 1.54) is 21.0 Å². The summed E-state index contributed by atoms with van der Waals surface area (Å²) in [5.41, 5.74) is -0.773. The van der Waals surface area contributed by atoms with Crippen molar-refractivity contribution in [1.29, 1.82) is 0 Å². The van der Waals surface area contributed by atoms with Gasteiger partial charge in [-0.1, -0.05) is 0 Å². The van der Waals surface area contributed by atoms with Crippen LogP contribution < -0.4 is 0 Å². The van der Waals surface area contributed by atoms with E-state index >= 15 is 0 Å². The maximum atomic E-state index is 11.6. The first kappa shape index (κ1) is 17.4. The Morgan fingerprint density at radius 1 is 1.11 bits per heavy atom. The molecule has 0 saturated heterocycles. The fourth-order valence-corrected chi connectivity index (χ4v) is 1.70. The number of hydrogen-bond acceptors (Lipinski definition) is 6. The minimum absolute atomic E-state index is 0.143. The van der Waals surface area contributed by atoms with E-state index in [2.05, 4.69) is 0 Å². The summed E-state index contributed by atoms with van der Waals surface area (Å²) in [7, 11) is 1.31. The molecule has 0 spiro atoms. The molecule has 6 heteroatoms. The van der Waals surface area contributed by atoms with E-state index in [0.717, 1.165) is 0 Å². The minimum atomic E-state index is -0.773. The molecule has 6 nitrogen and oxygen atoms in total. The first-order valence-electron chi connectivity index (χ1n) is 6.08. The average molecular weight is 274 g/mol. The van der Waals surface area contributed by atoms with Crippen LogP contribution in [-0.4, -0.2) is 37.7 Å². The lowest BCUT2D eigenvalue weighted by Crippen LogP contribution is -2.33. The molecule has 19 heavy (non-hydrogen) atoms. The van der Waals surface area contributed by atoms with Gasteiger partial charge in [-0.25, -0.2) is 0 Å². The van der Waals surface area contributed by atoms with Crippen LogP contribution in [0.15, 0.2) is 0 Å². The van der Waals surface area contributed by atoms with Crippen molar-refractivity contribution in [3.63, 3.8) is 0 Å². The number of rotatable bonds is 7. The van der Waals surface area contributed by atoms with Gasteiger partial charge in [0.2, 0.25) is 0 Å². The van der Waals surface area contributed by atoms with Crippen LogP contribution in [0, 0.1) is 5.41 Å². The van der Waals surface area contributed by atoms with Crippen LogP contribution in [-0.2, 0) is 28.6 Å². The molecule has 0 aromatic heterocycles. The summed E-state index contributed by atoms with van der Waals surface area (Å²) in [6.45, 7) is 6.16. The lowest BCUT2D eigenvalue weighted by molar-refractivity contribution is -0.159. The van der Waals surface area contributed by atoms with Gasteiger partial charge in [0.25, 0.3) is 0 Å². The Morgan fingerprint density at radius 2 is 1.68 bits per heavy atom. The first-order chi connectivity index (χ1) is 8.69. The van der Waals surface area contributed by atoms with Crippen molar-refractivity contribution >= 4 is 17.9 Å². The molecule has 0 saturated carbocycles. The predicted molar refractivity (Wildman–Crippen MR) is 67.2 cm³/mol. The van der Waals surface area contributed by atoms with Crippen molar-refractivity contribution in [3.8, 4) is 0 Å². The predicted octanol–water partition coefficient (Wildman–Crippen LogP) is 1.46. The molecule has 0 heterocycles. The highest BCUT2D eigenvalue weighted by Crippen LogP contribution is 2.26. The SMILES string of the molecule is COC(=O)C(C)(C)CC(CCOC(C)=O)OC(C)=O. The highest BCUT2D eigenvalue weighted by Gasteiger charge is 2.33. The molecule has 0 aromatic carbocycles. The number of carbonyl (C=O) groups excluding carboxylic acids is 3. The zero-order chi connectivity index (χ0) is 15.1. The van der Waals surface area contributed by atoms with Crippen LogP contribution in [0.25, 0.3) is 0 Å². The largest absolute Gasteiger partial charge is 0.469 e. The molecule has 0 bridgehead atoms. The number of methoxy groups -OCH3 is 1. The molecule has 0 rings (SSSR count). The summed E-state index contributed by atoms with van der Waals surface area (Å²) in [6.07, 6.45) is 0.158. The van der Waals surface area contributed by atoms with Gasteiger partial charge in [0, 0.05) is 26.7 Å². The summed E-state index contributed by atoms with van der Waals surface area (Å²) >= 11 is 0. The van der Waals surface area contributed by atoms with E-state index in [9.17, 15) is 14.4 Å². The number of esters is 3. The van der Waals surface area contributed by atoms with Gasteiger partial charge in [-0.15, -0.1) is 0 Å². The second kappa shape index (κ2) is 7.76. The zero-order valence-corrected chi connectivity index (χ0v) is 12.1. The monoisotopic (exact) mass is 274 g/mol. The molecule has 0 aromatic rings. The molecule has 1 atom stereocenters. The summed E-state index contributed by atoms with van der Waals surface area (Å²) < 4.78 is 14.6. The number of ether oxygens (including phenoxy) is 3. The molecule has 0 N–H and O–H groups in total. The topological polar surface area (TPSA) is 78.9 Å². The van der Waals surface area contributed by atoms with E-state index in [-0.39, 0.29) is 12.6 Å². The summed E-state index contributed by atoms with van der Waals surface area (Å²) in [5.74, 6) is -1.21. The molecule has 1 unspecified atom stereocenters. The highest BCUT2D eigenvalue weighted by molar-refractivity contribution is 5.75. The Bertz CT molecular complexity index is 334. The molecule has 0 aliphatic rings. The van der Waals surface area contributed by atoms with E-state index in [0.29, 0.717) is 12.8 Å². The smallest absolute Gasteiger partial charge is 0.311 e. The Labute approximate surface area is 113 Å². The maximum Gasteiger partial charge on any atom is 0.311 e. The van der Waals surface area contributed by atoms with E-state index in [1.807, 2.05) is 0 Å². The van der Waals surface area contributed by atoms with Gasteiger partial charge in [-0.2, -0.15) is 0 Å². The lowest BCUT2D eigenvalue weighted by atomic mass is 9.86. The van der Waals surface area contributed by atoms with Crippen molar-refractivity contribution in [3.05, 3.63) is 0 Å². The standard InChI is InChI=1S/C13H22O6/c1-9(14)18-7-6-11(19-10(2)15)8-13(3,4)12(16)17-5/h11H,6-8H2,1-5H3. The number of hydrogen-bond donors (Lipinski definition) is 0. The van der Waals surface area contributed by atoms with Crippen molar-refractivity contribution < 1.29 is 28.6 Å². The van der Waals surface area contributed by atoms with Crippen molar-refractivity contribution in [2.75, 3.05) is 13.7 Å². The molecule has 0 radical (unpaired) electrons. The summed E-state index contributed by atoms with van der Waals surface area (Å²) in [5, 5.41) is 0. The second-order valence-electron chi connectivity index (χ2n) is 4.94. The van der Waals surface area contributed by atoms with Crippen LogP contribution in [0.2, 0.25) is 0 Å². The van der Waals surface area contributed by atoms with Gasteiger partial charge in [-0.3, -0.25) is 14.4 Å². The van der Waals surface area contributed by atoms with Crippen LogP contribution in [0.3, 0.4) is 0 Å². The Kier molecular flexibility index (Phi) is 7.11. The molecule has 0 amide bonds. The van der Waals surface area contributed by atoms with Crippen molar-refractivity contribution in [2.24, 2.45) is 5.41 Å². The third-order valence-corrected chi connectivity index (χ3v) is 2.55. The molecule has 0 fully saturated rings. The normalized spacial score (nSPS) is 12.5. The van der Waals surface area contributed by atoms with E-state index < -0.39 is 23.5 Å². The quantitative estimate of drug-likeness (QED) is 0.516. The second-order valence-corrected chi connectivity index (χ2v) is 4.94. The maximum absolute atomic E-state index is 11.6. The lowest BCUT2D eigenvalue weighted by Gasteiger charge is -2.26. The highest BCUT2D eigenvalue weighted by atomic mass is 16.6. The molecule has 0 aliphatic heterocycles. The summed E-state index contributed by atoms with van der Waals surface area (Å²) in [6, 6.07) is 0. The molecular formula is C13H22O6. The van der Waals surface area contributed by atoms with Gasteiger partial charge in [0.1, 0.15) is 6.10 Å². The van der Waals surface area contributed by atoms with Gasteiger partial charge in [0.05, 0.1) is 19.1 Å². The molecule has 0 aliphatic carbocycles. The third kappa shape index (κ3) is 7.43. The fraction of sp³-hybridized carbons (Fsp3) is 0.769. The van der Waals surface area contributed by atoms with Gasteiger partial charge < -0.3 is 14.2 Å². The fourth-order valence-electron chi connectivity index (χ4n) is 1.70. The van der Waals surface area contributed by atoms with Crippen molar-refractivity contribution in [1.82, 2.24) is 0 Å². The minimum Gasteiger partial charge on any atom is -0.469 e. The number of carbonyl (C=O) groups is 3. The molecular weight excluding hydrogens is 252 g/mol. The van der Waals surface area contributed by atoms with Crippen molar-refractivity contribution in [2.45, 2.75) is 46.6 Å². The van der Waals surface area contributed by atoms with E-state index in [1.54, 1.807) is 13.8 Å². The Hall–Kier alpha value is -1.59. The van der Waals surface area contributed by atoms with Crippen LogP contribution >= 0.6 is 0 Å². The first-order valence-corrected chi connectivity index (χ1v) is 6.08. The van der Waals surface area contributed by atoms with E-state index in [4.69, 9.17) is 14.2 Å². The Balaban J connectivity index is 4.53.